The van der Waals surface area contributed by atoms with Gasteiger partial charge in [-0.2, -0.15) is 0 Å². The van der Waals surface area contributed by atoms with Crippen molar-refractivity contribution < 1.29 is 19.1 Å². The number of para-hydroxylation sites is 1. The number of hydrogen-bond acceptors (Lipinski definition) is 6. The number of halogens is 1. The number of amides is 3. The molecule has 160 valence electrons. The second-order valence-electron chi connectivity index (χ2n) is 6.76. The van der Waals surface area contributed by atoms with Crippen LogP contribution in [-0.2, 0) is 0 Å². The lowest BCUT2D eigenvalue weighted by atomic mass is 10.0. The molecule has 0 saturated heterocycles. The first kappa shape index (κ1) is 21.0. The van der Waals surface area contributed by atoms with E-state index in [2.05, 4.69) is 15.6 Å². The smallest absolute Gasteiger partial charge is 0.320 e. The molecule has 0 spiro atoms. The van der Waals surface area contributed by atoms with Gasteiger partial charge in [0.2, 0.25) is 0 Å². The molecule has 1 aromatic heterocycles. The van der Waals surface area contributed by atoms with Gasteiger partial charge in [0.25, 0.3) is 5.91 Å². The number of benzene rings is 2. The van der Waals surface area contributed by atoms with E-state index in [1.807, 2.05) is 12.1 Å². The monoisotopic (exact) mass is 458 g/mol. The zero-order valence-electron chi connectivity index (χ0n) is 16.5. The minimum atomic E-state index is -0.572. The van der Waals surface area contributed by atoms with Crippen LogP contribution in [0.2, 0.25) is 5.02 Å². The first-order valence-corrected chi connectivity index (χ1v) is 10.6. The molecule has 10 heteroatoms. The summed E-state index contributed by atoms with van der Waals surface area (Å²) in [6.07, 6.45) is 0.634. The van der Waals surface area contributed by atoms with Crippen molar-refractivity contribution in [2.75, 3.05) is 19.0 Å². The number of rotatable bonds is 5. The Kier molecular flexibility index (Phi) is 5.97. The molecule has 0 saturated carbocycles. The number of anilines is 1. The largest absolute Gasteiger partial charge is 0.496 e. The topological polar surface area (TPSA) is 116 Å². The fourth-order valence-electron chi connectivity index (χ4n) is 3.34. The Bertz CT molecular complexity index is 1150. The van der Waals surface area contributed by atoms with Crippen LogP contribution in [0.25, 0.3) is 10.6 Å². The van der Waals surface area contributed by atoms with E-state index in [4.69, 9.17) is 26.8 Å². The second kappa shape index (κ2) is 8.83. The van der Waals surface area contributed by atoms with Gasteiger partial charge in [-0.3, -0.25) is 10.1 Å². The molecule has 8 nitrogen and oxygen atoms in total. The molecule has 0 unspecified atom stereocenters. The third-order valence-electron chi connectivity index (χ3n) is 4.79. The Morgan fingerprint density at radius 3 is 2.94 bits per heavy atom. The van der Waals surface area contributed by atoms with E-state index in [1.165, 1.54) is 18.4 Å². The third-order valence-corrected chi connectivity index (χ3v) is 5.98. The lowest BCUT2D eigenvalue weighted by Gasteiger charge is -2.27. The average molecular weight is 459 g/mol. The van der Waals surface area contributed by atoms with Gasteiger partial charge in [-0.15, -0.1) is 11.3 Å². The van der Waals surface area contributed by atoms with E-state index in [0.29, 0.717) is 40.4 Å². The average Bonchev–Trinajstić information content (AvgIpc) is 3.22. The molecule has 2 heterocycles. The first-order valence-electron chi connectivity index (χ1n) is 9.38. The maximum atomic E-state index is 12.5. The molecule has 0 fully saturated rings. The quantitative estimate of drug-likeness (QED) is 0.529. The molecule has 0 bridgehead atoms. The van der Waals surface area contributed by atoms with Crippen LogP contribution in [0.3, 0.4) is 0 Å². The van der Waals surface area contributed by atoms with E-state index in [1.54, 1.807) is 29.6 Å². The van der Waals surface area contributed by atoms with Crippen molar-refractivity contribution in [3.8, 4) is 22.1 Å². The van der Waals surface area contributed by atoms with Gasteiger partial charge in [0.15, 0.2) is 0 Å². The van der Waals surface area contributed by atoms with Crippen LogP contribution in [0.5, 0.6) is 11.5 Å². The van der Waals surface area contributed by atoms with E-state index in [9.17, 15) is 9.59 Å². The molecular formula is C21H19ClN4O4S. The van der Waals surface area contributed by atoms with Crippen LogP contribution in [0.1, 0.15) is 28.4 Å². The van der Waals surface area contributed by atoms with Crippen LogP contribution in [0.15, 0.2) is 41.8 Å². The summed E-state index contributed by atoms with van der Waals surface area (Å²) in [5.74, 6) is 0.806. The summed E-state index contributed by atoms with van der Waals surface area (Å²) in [5, 5.41) is 8.61. The van der Waals surface area contributed by atoms with Crippen LogP contribution >= 0.6 is 22.9 Å². The van der Waals surface area contributed by atoms with Gasteiger partial charge in [-0.1, -0.05) is 29.8 Å². The van der Waals surface area contributed by atoms with Crippen molar-refractivity contribution >= 4 is 40.7 Å². The molecule has 2 aromatic carbocycles. The fourth-order valence-corrected chi connectivity index (χ4v) is 4.32. The van der Waals surface area contributed by atoms with Crippen molar-refractivity contribution in [2.24, 2.45) is 5.73 Å². The van der Waals surface area contributed by atoms with Crippen LogP contribution in [0, 0.1) is 0 Å². The predicted molar refractivity (Wildman–Crippen MR) is 119 cm³/mol. The number of hydrogen-bond donors (Lipinski definition) is 3. The molecule has 4 rings (SSSR count). The van der Waals surface area contributed by atoms with Crippen LogP contribution < -0.4 is 25.8 Å². The Morgan fingerprint density at radius 1 is 1.32 bits per heavy atom. The van der Waals surface area contributed by atoms with Gasteiger partial charge >= 0.3 is 6.03 Å². The number of carbonyl (C=O) groups is 2. The number of nitrogens with zero attached hydrogens (tertiary/aromatic N) is 1. The zero-order valence-corrected chi connectivity index (χ0v) is 18.0. The number of ether oxygens (including phenoxy) is 2. The van der Waals surface area contributed by atoms with E-state index in [-0.39, 0.29) is 17.6 Å². The second-order valence-corrected chi connectivity index (χ2v) is 8.03. The highest BCUT2D eigenvalue weighted by molar-refractivity contribution is 7.13. The van der Waals surface area contributed by atoms with Crippen LogP contribution in [0.4, 0.5) is 10.6 Å². The maximum absolute atomic E-state index is 12.5. The highest BCUT2D eigenvalue weighted by Crippen LogP contribution is 2.37. The summed E-state index contributed by atoms with van der Waals surface area (Å²) >= 11 is 7.54. The van der Waals surface area contributed by atoms with Gasteiger partial charge in [0.1, 0.15) is 22.3 Å². The lowest BCUT2D eigenvalue weighted by molar-refractivity contribution is 0.0997. The predicted octanol–water partition coefficient (Wildman–Crippen LogP) is 4.22. The summed E-state index contributed by atoms with van der Waals surface area (Å²) < 4.78 is 10.9. The molecule has 1 aliphatic rings. The number of nitrogens with one attached hydrogen (secondary N) is 2. The number of aromatic nitrogens is 1. The molecule has 0 aliphatic carbocycles. The molecule has 1 aliphatic heterocycles. The van der Waals surface area contributed by atoms with Gasteiger partial charge in [-0.05, 0) is 18.2 Å². The SMILES string of the molecule is COc1cc(-c2nc(NC(=O)N[C@H]3CCOc4c(Cl)cccc43)cs2)ccc1C(N)=O. The third kappa shape index (κ3) is 4.42. The summed E-state index contributed by atoms with van der Waals surface area (Å²) in [6, 6.07) is 9.88. The minimum Gasteiger partial charge on any atom is -0.496 e. The molecule has 0 radical (unpaired) electrons. The molecule has 3 aromatic rings. The van der Waals surface area contributed by atoms with E-state index in [0.717, 1.165) is 11.1 Å². The van der Waals surface area contributed by atoms with Crippen molar-refractivity contribution in [3.05, 3.63) is 57.9 Å². The number of primary amides is 1. The normalized spacial score (nSPS) is 14.8. The first-order chi connectivity index (χ1) is 15.0. The lowest BCUT2D eigenvalue weighted by Crippen LogP contribution is -2.35. The summed E-state index contributed by atoms with van der Waals surface area (Å²) in [6.45, 7) is 0.464. The van der Waals surface area contributed by atoms with Crippen molar-refractivity contribution in [2.45, 2.75) is 12.5 Å². The Labute approximate surface area is 187 Å². The Balaban J connectivity index is 1.46. The number of nitrogens with two attached hydrogens (primary N) is 1. The summed E-state index contributed by atoms with van der Waals surface area (Å²) in [7, 11) is 1.46. The van der Waals surface area contributed by atoms with E-state index < -0.39 is 5.91 Å². The van der Waals surface area contributed by atoms with Crippen LogP contribution in [-0.4, -0.2) is 30.6 Å². The molecule has 3 amide bonds. The number of urea groups is 1. The molecular weight excluding hydrogens is 440 g/mol. The number of methoxy groups -OCH3 is 1. The highest BCUT2D eigenvalue weighted by Gasteiger charge is 2.25. The van der Waals surface area contributed by atoms with Gasteiger partial charge < -0.3 is 20.5 Å². The fraction of sp³-hybridized carbons (Fsp3) is 0.190. The Hall–Kier alpha value is -3.30. The molecule has 4 N–H and O–H groups in total. The number of carbonyl (C=O) groups excluding carboxylic acids is 2. The zero-order chi connectivity index (χ0) is 22.0. The summed E-state index contributed by atoms with van der Waals surface area (Å²) in [4.78, 5) is 28.5. The molecule has 31 heavy (non-hydrogen) atoms. The van der Waals surface area contributed by atoms with Gasteiger partial charge in [-0.25, -0.2) is 9.78 Å². The van der Waals surface area contributed by atoms with Crippen molar-refractivity contribution in [1.82, 2.24) is 10.3 Å². The Morgan fingerprint density at radius 2 is 2.16 bits per heavy atom. The standard InChI is InChI=1S/C21H19ClN4O4S/c1-29-16-9-11(5-6-13(16)19(23)27)20-25-17(10-31-20)26-21(28)24-15-7-8-30-18-12(15)3-2-4-14(18)22/h2-6,9-10,15H,7-8H2,1H3,(H2,23,27)(H2,24,26,28)/t15-/m0/s1. The number of fused-ring (bicyclic) bond motifs is 1. The summed E-state index contributed by atoms with van der Waals surface area (Å²) in [5.41, 5.74) is 7.23. The minimum absolute atomic E-state index is 0.217. The van der Waals surface area contributed by atoms with Gasteiger partial charge in [0.05, 0.1) is 30.3 Å². The molecule has 1 atom stereocenters. The van der Waals surface area contributed by atoms with Gasteiger partial charge in [0, 0.05) is 22.9 Å². The van der Waals surface area contributed by atoms with E-state index >= 15 is 0 Å². The van der Waals surface area contributed by atoms with Crippen molar-refractivity contribution in [3.63, 3.8) is 0 Å². The maximum Gasteiger partial charge on any atom is 0.320 e. The number of thiazole rings is 1. The highest BCUT2D eigenvalue weighted by atomic mass is 35.5. The van der Waals surface area contributed by atoms with Crippen molar-refractivity contribution in [1.29, 1.82) is 0 Å².